The van der Waals surface area contributed by atoms with Gasteiger partial charge in [0.1, 0.15) is 5.82 Å². The van der Waals surface area contributed by atoms with Crippen molar-refractivity contribution in [2.45, 2.75) is 30.8 Å². The maximum atomic E-state index is 11.2. The van der Waals surface area contributed by atoms with Gasteiger partial charge in [-0.3, -0.25) is 9.48 Å². The standard InChI is InChI=1S/C11H15N5OS/c1-7(2)16-4-3-8(15-16)6-18-11-13-9(12)5-10(17)14-11/h3-5,7H,6H2,1-2H3,(H3,12,13,14,17). The van der Waals surface area contributed by atoms with Crippen LogP contribution in [0.25, 0.3) is 0 Å². The number of nitrogen functional groups attached to an aromatic ring is 1. The Hall–Kier alpha value is -1.76. The molecule has 7 heteroatoms. The van der Waals surface area contributed by atoms with Crippen molar-refractivity contribution < 1.29 is 0 Å². The van der Waals surface area contributed by atoms with Crippen LogP contribution >= 0.6 is 11.8 Å². The highest BCUT2D eigenvalue weighted by Crippen LogP contribution is 2.18. The molecule has 96 valence electrons. The molecule has 0 amide bonds. The van der Waals surface area contributed by atoms with Crippen molar-refractivity contribution >= 4 is 17.6 Å². The summed E-state index contributed by atoms with van der Waals surface area (Å²) in [6.07, 6.45) is 1.94. The minimum Gasteiger partial charge on any atom is -0.383 e. The first-order valence-corrected chi connectivity index (χ1v) is 6.57. The smallest absolute Gasteiger partial charge is 0.253 e. The topological polar surface area (TPSA) is 89.6 Å². The second-order valence-corrected chi connectivity index (χ2v) is 5.11. The number of anilines is 1. The molecule has 0 saturated carbocycles. The molecule has 0 spiro atoms. The summed E-state index contributed by atoms with van der Waals surface area (Å²) in [5, 5.41) is 4.93. The lowest BCUT2D eigenvalue weighted by atomic mass is 10.4. The first-order valence-electron chi connectivity index (χ1n) is 5.58. The van der Waals surface area contributed by atoms with Gasteiger partial charge in [0.2, 0.25) is 0 Å². The number of nitrogens with two attached hydrogens (primary N) is 1. The monoisotopic (exact) mass is 265 g/mol. The zero-order valence-electron chi connectivity index (χ0n) is 10.3. The van der Waals surface area contributed by atoms with Gasteiger partial charge in [-0.05, 0) is 19.9 Å². The molecule has 0 unspecified atom stereocenters. The molecule has 3 N–H and O–H groups in total. The van der Waals surface area contributed by atoms with E-state index in [1.165, 1.54) is 17.8 Å². The van der Waals surface area contributed by atoms with Crippen LogP contribution in [0.15, 0.2) is 28.3 Å². The van der Waals surface area contributed by atoms with Crippen molar-refractivity contribution in [3.63, 3.8) is 0 Å². The summed E-state index contributed by atoms with van der Waals surface area (Å²) < 4.78 is 1.89. The van der Waals surface area contributed by atoms with Crippen molar-refractivity contribution in [2.24, 2.45) is 0 Å². The van der Waals surface area contributed by atoms with Crippen molar-refractivity contribution in [3.8, 4) is 0 Å². The number of hydrogen-bond donors (Lipinski definition) is 2. The van der Waals surface area contributed by atoms with Crippen molar-refractivity contribution in [2.75, 3.05) is 5.73 Å². The molecule has 6 nitrogen and oxygen atoms in total. The summed E-state index contributed by atoms with van der Waals surface area (Å²) in [6, 6.07) is 3.56. The lowest BCUT2D eigenvalue weighted by molar-refractivity contribution is 0.528. The maximum Gasteiger partial charge on any atom is 0.253 e. The third-order valence-corrected chi connectivity index (χ3v) is 3.20. The Balaban J connectivity index is 2.04. The van der Waals surface area contributed by atoms with Gasteiger partial charge in [0.05, 0.1) is 5.69 Å². The molecule has 0 aromatic carbocycles. The lowest BCUT2D eigenvalue weighted by Crippen LogP contribution is -2.09. The van der Waals surface area contributed by atoms with Crippen molar-refractivity contribution in [3.05, 3.63) is 34.4 Å². The fraction of sp³-hybridized carbons (Fsp3) is 0.364. The minimum atomic E-state index is -0.238. The first-order chi connectivity index (χ1) is 8.54. The molecule has 2 heterocycles. The van der Waals surface area contributed by atoms with Gasteiger partial charge in [-0.1, -0.05) is 11.8 Å². The van der Waals surface area contributed by atoms with Gasteiger partial charge in [-0.25, -0.2) is 4.98 Å². The first kappa shape index (κ1) is 12.7. The molecule has 2 rings (SSSR count). The van der Waals surface area contributed by atoms with Crippen LogP contribution in [0.1, 0.15) is 25.6 Å². The van der Waals surface area contributed by atoms with E-state index < -0.39 is 0 Å². The van der Waals surface area contributed by atoms with Crippen molar-refractivity contribution in [1.82, 2.24) is 19.7 Å². The number of hydrogen-bond acceptors (Lipinski definition) is 5. The fourth-order valence-corrected chi connectivity index (χ4v) is 2.19. The van der Waals surface area contributed by atoms with Gasteiger partial charge in [0, 0.05) is 24.1 Å². The zero-order valence-corrected chi connectivity index (χ0v) is 11.1. The number of H-pyrrole nitrogens is 1. The van der Waals surface area contributed by atoms with Gasteiger partial charge in [-0.15, -0.1) is 0 Å². The Morgan fingerprint density at radius 2 is 2.33 bits per heavy atom. The van der Waals surface area contributed by atoms with Crippen LogP contribution in [0.5, 0.6) is 0 Å². The predicted octanol–water partition coefficient (Wildman–Crippen LogP) is 1.42. The lowest BCUT2D eigenvalue weighted by Gasteiger charge is -2.03. The average molecular weight is 265 g/mol. The molecule has 0 fully saturated rings. The van der Waals surface area contributed by atoms with E-state index >= 15 is 0 Å². The zero-order chi connectivity index (χ0) is 13.1. The Morgan fingerprint density at radius 3 is 2.94 bits per heavy atom. The van der Waals surface area contributed by atoms with Crippen LogP contribution in [0.2, 0.25) is 0 Å². The molecule has 0 aliphatic rings. The van der Waals surface area contributed by atoms with Crippen LogP contribution < -0.4 is 11.3 Å². The quantitative estimate of drug-likeness (QED) is 0.644. The van der Waals surface area contributed by atoms with E-state index in [2.05, 4.69) is 28.9 Å². The van der Waals surface area contributed by atoms with Gasteiger partial charge in [0.25, 0.3) is 5.56 Å². The molecule has 2 aromatic rings. The molecule has 0 atom stereocenters. The molecule has 0 radical (unpaired) electrons. The highest BCUT2D eigenvalue weighted by Gasteiger charge is 2.04. The molecular formula is C11H15N5OS. The minimum absolute atomic E-state index is 0.231. The van der Waals surface area contributed by atoms with E-state index in [-0.39, 0.29) is 11.4 Å². The highest BCUT2D eigenvalue weighted by molar-refractivity contribution is 7.98. The third kappa shape index (κ3) is 3.13. The molecule has 18 heavy (non-hydrogen) atoms. The van der Waals surface area contributed by atoms with Gasteiger partial charge >= 0.3 is 0 Å². The average Bonchev–Trinajstić information content (AvgIpc) is 2.73. The highest BCUT2D eigenvalue weighted by atomic mass is 32.2. The van der Waals surface area contributed by atoms with E-state index in [9.17, 15) is 4.79 Å². The Bertz CT molecular complexity index is 589. The van der Waals surface area contributed by atoms with E-state index in [4.69, 9.17) is 5.73 Å². The summed E-state index contributed by atoms with van der Waals surface area (Å²) >= 11 is 1.40. The molecule has 2 aromatic heterocycles. The van der Waals surface area contributed by atoms with Crippen LogP contribution in [-0.4, -0.2) is 19.7 Å². The Labute approximate surface area is 109 Å². The molecular weight excluding hydrogens is 250 g/mol. The summed E-state index contributed by atoms with van der Waals surface area (Å²) in [4.78, 5) is 17.9. The summed E-state index contributed by atoms with van der Waals surface area (Å²) in [5.41, 5.74) is 6.21. The van der Waals surface area contributed by atoms with Crippen molar-refractivity contribution in [1.29, 1.82) is 0 Å². The van der Waals surface area contributed by atoms with Crippen LogP contribution in [-0.2, 0) is 5.75 Å². The second kappa shape index (κ2) is 5.26. The van der Waals surface area contributed by atoms with Crippen LogP contribution in [0, 0.1) is 0 Å². The summed E-state index contributed by atoms with van der Waals surface area (Å²) in [6.45, 7) is 4.14. The summed E-state index contributed by atoms with van der Waals surface area (Å²) in [7, 11) is 0. The third-order valence-electron chi connectivity index (χ3n) is 2.29. The number of nitrogens with one attached hydrogen (secondary N) is 1. The largest absolute Gasteiger partial charge is 0.383 e. The molecule has 0 bridgehead atoms. The SMILES string of the molecule is CC(C)n1ccc(CSc2nc(N)cc(=O)[nH]2)n1. The number of aromatic nitrogens is 4. The molecule has 0 saturated heterocycles. The molecule has 0 aliphatic heterocycles. The van der Waals surface area contributed by atoms with Gasteiger partial charge < -0.3 is 10.7 Å². The molecule has 0 aliphatic carbocycles. The second-order valence-electron chi connectivity index (χ2n) is 4.14. The van der Waals surface area contributed by atoms with Crippen LogP contribution in [0.4, 0.5) is 5.82 Å². The van der Waals surface area contributed by atoms with E-state index in [0.717, 1.165) is 5.69 Å². The number of thioether (sulfide) groups is 1. The maximum absolute atomic E-state index is 11.2. The fourth-order valence-electron chi connectivity index (χ4n) is 1.41. The normalized spacial score (nSPS) is 11.1. The van der Waals surface area contributed by atoms with Gasteiger partial charge in [0.15, 0.2) is 5.16 Å². The van der Waals surface area contributed by atoms with Gasteiger partial charge in [-0.2, -0.15) is 5.10 Å². The van der Waals surface area contributed by atoms with E-state index in [1.807, 2.05) is 16.9 Å². The Morgan fingerprint density at radius 1 is 1.56 bits per heavy atom. The van der Waals surface area contributed by atoms with E-state index in [0.29, 0.717) is 17.0 Å². The summed E-state index contributed by atoms with van der Waals surface area (Å²) in [5.74, 6) is 0.875. The van der Waals surface area contributed by atoms with E-state index in [1.54, 1.807) is 0 Å². The number of aromatic amines is 1. The van der Waals surface area contributed by atoms with Crippen LogP contribution in [0.3, 0.4) is 0 Å². The Kier molecular flexibility index (Phi) is 3.71. The predicted molar refractivity (Wildman–Crippen MR) is 71.4 cm³/mol. The number of nitrogens with zero attached hydrogens (tertiary/aromatic N) is 3. The number of rotatable bonds is 4.